The number of nitrogens with one attached hydrogen (secondary N) is 2. The molecule has 160 valence electrons. The van der Waals surface area contributed by atoms with Crippen LogP contribution in [0.1, 0.15) is 21.9 Å². The minimum atomic E-state index is -4.30. The minimum Gasteiger partial charge on any atom is -0.478 e. The Bertz CT molecular complexity index is 1280. The fourth-order valence-corrected chi connectivity index (χ4v) is 3.67. The highest BCUT2D eigenvalue weighted by Gasteiger charge is 2.23. The first-order chi connectivity index (χ1) is 14.7. The van der Waals surface area contributed by atoms with Crippen LogP contribution in [0.5, 0.6) is 0 Å². The molecule has 0 spiro atoms. The average molecular weight is 444 g/mol. The molecular formula is C19H16N4O7S. The standard InChI is InChI=1S/C19H16N4O7S/c1-12-6-7-13(30-12)11-20-21-17-9-8-14(10-18(17)23(26)27)31(28,29)22-16-5-3-2-4-15(16)19(24)25/h2-11,21-22H,1H3,(H,24,25)/b20-11+. The molecule has 0 amide bonds. The quantitative estimate of drug-likeness (QED) is 0.270. The van der Waals surface area contributed by atoms with E-state index in [1.165, 1.54) is 36.5 Å². The normalized spacial score (nSPS) is 11.4. The van der Waals surface area contributed by atoms with Crippen LogP contribution in [0, 0.1) is 17.0 Å². The predicted octanol–water partition coefficient (Wildman–Crippen LogP) is 3.44. The molecule has 0 atom stereocenters. The van der Waals surface area contributed by atoms with Crippen LogP contribution >= 0.6 is 0 Å². The molecule has 3 rings (SSSR count). The van der Waals surface area contributed by atoms with E-state index < -0.39 is 31.5 Å². The molecule has 0 aliphatic rings. The second-order valence-electron chi connectivity index (χ2n) is 6.21. The molecule has 3 aromatic rings. The zero-order chi connectivity index (χ0) is 22.6. The first-order valence-electron chi connectivity index (χ1n) is 8.66. The van der Waals surface area contributed by atoms with Gasteiger partial charge in [0.2, 0.25) is 0 Å². The van der Waals surface area contributed by atoms with Crippen molar-refractivity contribution < 1.29 is 27.7 Å². The maximum atomic E-state index is 12.7. The molecule has 12 heteroatoms. The molecule has 0 aliphatic heterocycles. The topological polar surface area (TPSA) is 164 Å². The Morgan fingerprint density at radius 3 is 2.55 bits per heavy atom. The van der Waals surface area contributed by atoms with Gasteiger partial charge in [-0.15, -0.1) is 0 Å². The van der Waals surface area contributed by atoms with Crippen LogP contribution in [-0.2, 0) is 10.0 Å². The highest BCUT2D eigenvalue weighted by atomic mass is 32.2. The van der Waals surface area contributed by atoms with Crippen LogP contribution in [0.2, 0.25) is 0 Å². The van der Waals surface area contributed by atoms with Gasteiger partial charge in [0.25, 0.3) is 15.7 Å². The zero-order valence-corrected chi connectivity index (χ0v) is 16.8. The number of anilines is 2. The number of hydrazone groups is 1. The van der Waals surface area contributed by atoms with Crippen LogP contribution < -0.4 is 10.1 Å². The Morgan fingerprint density at radius 2 is 1.90 bits per heavy atom. The number of nitro benzene ring substituents is 1. The number of nitro groups is 1. The van der Waals surface area contributed by atoms with E-state index in [1.54, 1.807) is 19.1 Å². The van der Waals surface area contributed by atoms with Gasteiger partial charge in [0, 0.05) is 6.07 Å². The maximum Gasteiger partial charge on any atom is 0.337 e. The first-order valence-corrected chi connectivity index (χ1v) is 10.1. The molecule has 0 saturated heterocycles. The monoisotopic (exact) mass is 444 g/mol. The van der Waals surface area contributed by atoms with E-state index in [9.17, 15) is 28.4 Å². The van der Waals surface area contributed by atoms with Gasteiger partial charge in [-0.25, -0.2) is 13.2 Å². The molecule has 0 saturated carbocycles. The Labute approximate surface area is 176 Å². The average Bonchev–Trinajstić information content (AvgIpc) is 3.13. The lowest BCUT2D eigenvalue weighted by atomic mass is 10.2. The molecule has 11 nitrogen and oxygen atoms in total. The van der Waals surface area contributed by atoms with Gasteiger partial charge in [-0.2, -0.15) is 5.10 Å². The molecule has 0 bridgehead atoms. The number of furan rings is 1. The van der Waals surface area contributed by atoms with Gasteiger partial charge in [0.05, 0.1) is 27.3 Å². The Hall–Kier alpha value is -4.19. The SMILES string of the molecule is Cc1ccc(/C=N/Nc2ccc(S(=O)(=O)Nc3ccccc3C(=O)O)cc2[N+](=O)[O-])o1. The molecular weight excluding hydrogens is 428 g/mol. The summed E-state index contributed by atoms with van der Waals surface area (Å²) in [7, 11) is -4.30. The summed E-state index contributed by atoms with van der Waals surface area (Å²) in [5.74, 6) is -0.236. The highest BCUT2D eigenvalue weighted by molar-refractivity contribution is 7.92. The number of carboxylic acid groups (broad SMARTS) is 1. The van der Waals surface area contributed by atoms with Gasteiger partial charge in [-0.3, -0.25) is 20.3 Å². The van der Waals surface area contributed by atoms with Crippen LogP contribution in [0.4, 0.5) is 17.1 Å². The smallest absolute Gasteiger partial charge is 0.337 e. The first kappa shape index (κ1) is 21.5. The lowest BCUT2D eigenvalue weighted by Crippen LogP contribution is -2.16. The van der Waals surface area contributed by atoms with Crippen LogP contribution in [0.3, 0.4) is 0 Å². The van der Waals surface area contributed by atoms with Crippen molar-refractivity contribution in [2.75, 3.05) is 10.1 Å². The largest absolute Gasteiger partial charge is 0.478 e. The minimum absolute atomic E-state index is 0.0468. The van der Waals surface area contributed by atoms with Crippen molar-refractivity contribution in [3.8, 4) is 0 Å². The summed E-state index contributed by atoms with van der Waals surface area (Å²) in [5.41, 5.74) is 1.46. The highest BCUT2D eigenvalue weighted by Crippen LogP contribution is 2.29. The lowest BCUT2D eigenvalue weighted by molar-refractivity contribution is -0.384. The summed E-state index contributed by atoms with van der Waals surface area (Å²) in [4.78, 5) is 21.5. The van der Waals surface area contributed by atoms with Crippen LogP contribution in [-0.4, -0.2) is 30.6 Å². The number of nitrogens with zero attached hydrogens (tertiary/aromatic N) is 2. The number of hydrogen-bond acceptors (Lipinski definition) is 8. The Balaban J connectivity index is 1.88. The number of sulfonamides is 1. The third-order valence-electron chi connectivity index (χ3n) is 4.02. The third kappa shape index (κ3) is 5.05. The summed E-state index contributed by atoms with van der Waals surface area (Å²) in [6.07, 6.45) is 1.31. The molecule has 1 aromatic heterocycles. The Kier molecular flexibility index (Phi) is 6.02. The fourth-order valence-electron chi connectivity index (χ4n) is 2.57. The van der Waals surface area contributed by atoms with E-state index in [0.717, 1.165) is 12.1 Å². The van der Waals surface area contributed by atoms with Crippen molar-refractivity contribution in [3.63, 3.8) is 0 Å². The molecule has 0 fully saturated rings. The van der Waals surface area contributed by atoms with E-state index in [-0.39, 0.29) is 16.9 Å². The number of carbonyl (C=O) groups is 1. The second-order valence-corrected chi connectivity index (χ2v) is 7.89. The van der Waals surface area contributed by atoms with Gasteiger partial charge in [-0.1, -0.05) is 12.1 Å². The lowest BCUT2D eigenvalue weighted by Gasteiger charge is -2.11. The molecule has 2 aromatic carbocycles. The third-order valence-corrected chi connectivity index (χ3v) is 5.38. The van der Waals surface area contributed by atoms with E-state index in [1.807, 2.05) is 0 Å². The number of benzene rings is 2. The zero-order valence-electron chi connectivity index (χ0n) is 16.0. The number of aromatic carboxylic acids is 1. The van der Waals surface area contributed by atoms with Gasteiger partial charge >= 0.3 is 5.97 Å². The summed E-state index contributed by atoms with van der Waals surface area (Å²) in [6.45, 7) is 1.75. The number of aryl methyl sites for hydroxylation is 1. The predicted molar refractivity (Wildman–Crippen MR) is 112 cm³/mol. The fraction of sp³-hybridized carbons (Fsp3) is 0.0526. The van der Waals surface area contributed by atoms with Crippen molar-refractivity contribution in [1.29, 1.82) is 0 Å². The van der Waals surface area contributed by atoms with Gasteiger partial charge in [0.1, 0.15) is 17.2 Å². The summed E-state index contributed by atoms with van der Waals surface area (Å²) in [5, 5.41) is 24.5. The van der Waals surface area contributed by atoms with E-state index in [4.69, 9.17) is 4.42 Å². The summed E-state index contributed by atoms with van der Waals surface area (Å²) < 4.78 is 32.8. The number of carboxylic acids is 1. The maximum absolute atomic E-state index is 12.7. The summed E-state index contributed by atoms with van der Waals surface area (Å²) >= 11 is 0. The molecule has 0 radical (unpaired) electrons. The van der Waals surface area contributed by atoms with Gasteiger partial charge in [0.15, 0.2) is 0 Å². The van der Waals surface area contributed by atoms with Gasteiger partial charge < -0.3 is 9.52 Å². The van der Waals surface area contributed by atoms with Gasteiger partial charge in [-0.05, 0) is 43.3 Å². The van der Waals surface area contributed by atoms with E-state index in [2.05, 4.69) is 15.2 Å². The van der Waals surface area contributed by atoms with Crippen LogP contribution in [0.25, 0.3) is 0 Å². The van der Waals surface area contributed by atoms with Crippen molar-refractivity contribution in [2.45, 2.75) is 11.8 Å². The van der Waals surface area contributed by atoms with Crippen molar-refractivity contribution in [1.82, 2.24) is 0 Å². The number of rotatable bonds is 8. The van der Waals surface area contributed by atoms with Crippen molar-refractivity contribution in [2.24, 2.45) is 5.10 Å². The number of para-hydroxylation sites is 1. The molecule has 0 unspecified atom stereocenters. The molecule has 3 N–H and O–H groups in total. The van der Waals surface area contributed by atoms with Crippen molar-refractivity contribution >= 4 is 39.3 Å². The van der Waals surface area contributed by atoms with E-state index >= 15 is 0 Å². The summed E-state index contributed by atoms with van der Waals surface area (Å²) in [6, 6.07) is 11.9. The molecule has 1 heterocycles. The van der Waals surface area contributed by atoms with Crippen molar-refractivity contribution in [3.05, 3.63) is 81.8 Å². The van der Waals surface area contributed by atoms with Crippen LogP contribution in [0.15, 0.2) is 69.0 Å². The second kappa shape index (κ2) is 8.67. The molecule has 0 aliphatic carbocycles. The Morgan fingerprint density at radius 1 is 1.16 bits per heavy atom. The molecule has 31 heavy (non-hydrogen) atoms. The number of hydrogen-bond donors (Lipinski definition) is 3. The van der Waals surface area contributed by atoms with E-state index in [0.29, 0.717) is 11.5 Å².